The van der Waals surface area contributed by atoms with E-state index in [-0.39, 0.29) is 24.2 Å². The number of pyridine rings is 1. The van der Waals surface area contributed by atoms with Gasteiger partial charge in [-0.3, -0.25) is 9.78 Å². The van der Waals surface area contributed by atoms with Crippen molar-refractivity contribution < 1.29 is 19.0 Å². The van der Waals surface area contributed by atoms with Crippen molar-refractivity contribution in [1.29, 1.82) is 5.26 Å². The highest BCUT2D eigenvalue weighted by Crippen LogP contribution is 2.33. The maximum atomic E-state index is 14.4. The monoisotopic (exact) mass is 587 g/mol. The van der Waals surface area contributed by atoms with E-state index >= 15 is 0 Å². The van der Waals surface area contributed by atoms with Gasteiger partial charge in [-0.1, -0.05) is 5.21 Å². The second-order valence-corrected chi connectivity index (χ2v) is 11.9. The van der Waals surface area contributed by atoms with Crippen LogP contribution in [-0.2, 0) is 4.74 Å². The lowest BCUT2D eigenvalue weighted by Crippen LogP contribution is -2.42. The number of aromatic nitrogens is 6. The van der Waals surface area contributed by atoms with Crippen molar-refractivity contribution in [2.45, 2.75) is 69.3 Å². The van der Waals surface area contributed by atoms with Gasteiger partial charge >= 0.3 is 0 Å². The second-order valence-electron chi connectivity index (χ2n) is 11.9. The van der Waals surface area contributed by atoms with Crippen molar-refractivity contribution in [3.63, 3.8) is 0 Å². The van der Waals surface area contributed by atoms with Gasteiger partial charge in [0.15, 0.2) is 0 Å². The summed E-state index contributed by atoms with van der Waals surface area (Å²) in [6.45, 7) is 3.77. The number of carbonyl (C=O) groups is 1. The van der Waals surface area contributed by atoms with Crippen LogP contribution in [0.15, 0.2) is 42.9 Å². The molecule has 1 atom stereocenters. The fourth-order valence-electron chi connectivity index (χ4n) is 5.44. The Morgan fingerprint density at radius 2 is 2.02 bits per heavy atom. The third-order valence-corrected chi connectivity index (χ3v) is 8.26. The molecule has 5 heterocycles. The van der Waals surface area contributed by atoms with Crippen LogP contribution in [0.1, 0.15) is 73.1 Å². The van der Waals surface area contributed by atoms with Crippen molar-refractivity contribution in [2.24, 2.45) is 0 Å². The van der Waals surface area contributed by atoms with E-state index in [1.54, 1.807) is 16.6 Å². The number of amides is 1. The summed E-state index contributed by atoms with van der Waals surface area (Å²) in [6.07, 6.45) is 6.84. The van der Waals surface area contributed by atoms with Crippen molar-refractivity contribution in [1.82, 2.24) is 34.9 Å². The molecule has 0 bridgehead atoms. The first-order chi connectivity index (χ1) is 20.7. The van der Waals surface area contributed by atoms with Crippen molar-refractivity contribution >= 4 is 17.1 Å². The van der Waals surface area contributed by atoms with E-state index in [2.05, 4.69) is 37.1 Å². The molecule has 6 rings (SSSR count). The molecule has 12 nitrogen and oxygen atoms in total. The number of aliphatic hydroxyl groups is 1. The van der Waals surface area contributed by atoms with E-state index < -0.39 is 17.7 Å². The second kappa shape index (κ2) is 11.7. The summed E-state index contributed by atoms with van der Waals surface area (Å²) in [6, 6.07) is 9.69. The molecule has 0 spiro atoms. The largest absolute Gasteiger partial charge is 0.387 e. The third kappa shape index (κ3) is 6.07. The van der Waals surface area contributed by atoms with Gasteiger partial charge in [0.25, 0.3) is 5.91 Å². The summed E-state index contributed by atoms with van der Waals surface area (Å²) in [7, 11) is 0. The number of fused-ring (bicyclic) bond motifs is 1. The maximum Gasteiger partial charge on any atom is 0.255 e. The predicted molar refractivity (Wildman–Crippen MR) is 155 cm³/mol. The van der Waals surface area contributed by atoms with Gasteiger partial charge in [-0.25, -0.2) is 13.6 Å². The molecule has 1 amide bonds. The fraction of sp³-hybridized carbons (Fsp3) is 0.467. The number of ether oxygens (including phenoxy) is 1. The molecule has 4 aromatic heterocycles. The molecule has 224 valence electrons. The number of nitrogens with one attached hydrogen (secondary N) is 2. The molecule has 0 radical (unpaired) electrons. The standard InChI is InChI=1S/C30H34FN9O3/c1-30(2,42)28(31)14-34-29(41)23-13-33-25(27-8-7-22-9-18(11-32)12-35-40(22)27)10-24(23)36-20-3-5-21(6-4-20)39-15-26(37-38-39)19-16-43-17-19/h7-10,12-13,15,19-21,28,42H,3-6,14,16-17H2,1-2H3,(H,33,36)(H,34,41)/t20?,21?,28-/m1/s1. The van der Waals surface area contributed by atoms with E-state index in [4.69, 9.17) is 4.74 Å². The van der Waals surface area contributed by atoms with Crippen LogP contribution in [0.4, 0.5) is 10.1 Å². The van der Waals surface area contributed by atoms with E-state index in [0.717, 1.165) is 36.9 Å². The number of halogens is 1. The highest BCUT2D eigenvalue weighted by atomic mass is 19.1. The molecule has 0 aromatic carbocycles. The van der Waals surface area contributed by atoms with Gasteiger partial charge in [-0.15, -0.1) is 5.10 Å². The lowest BCUT2D eigenvalue weighted by atomic mass is 9.91. The van der Waals surface area contributed by atoms with Crippen molar-refractivity contribution in [3.05, 3.63) is 59.7 Å². The molecule has 1 saturated carbocycles. The quantitative estimate of drug-likeness (QED) is 0.267. The molecular formula is C30H34FN9O3. The zero-order valence-corrected chi connectivity index (χ0v) is 24.1. The lowest BCUT2D eigenvalue weighted by Gasteiger charge is -2.30. The summed E-state index contributed by atoms with van der Waals surface area (Å²) < 4.78 is 23.4. The number of alkyl halides is 1. The molecule has 4 aromatic rings. The highest BCUT2D eigenvalue weighted by molar-refractivity contribution is 6.00. The van der Waals surface area contributed by atoms with Gasteiger partial charge in [0.1, 0.15) is 12.2 Å². The van der Waals surface area contributed by atoms with Gasteiger partial charge < -0.3 is 20.5 Å². The Morgan fingerprint density at radius 1 is 1.23 bits per heavy atom. The first-order valence-corrected chi connectivity index (χ1v) is 14.5. The van der Waals surface area contributed by atoms with Crippen LogP contribution in [-0.4, -0.2) is 78.2 Å². The van der Waals surface area contributed by atoms with Gasteiger partial charge in [-0.2, -0.15) is 10.4 Å². The fourth-order valence-corrected chi connectivity index (χ4v) is 5.44. The van der Waals surface area contributed by atoms with E-state index in [1.165, 1.54) is 26.2 Å². The summed E-state index contributed by atoms with van der Waals surface area (Å²) in [5, 5.41) is 38.4. The summed E-state index contributed by atoms with van der Waals surface area (Å²) >= 11 is 0. The van der Waals surface area contributed by atoms with E-state index in [9.17, 15) is 19.6 Å². The third-order valence-electron chi connectivity index (χ3n) is 8.26. The van der Waals surface area contributed by atoms with Crippen LogP contribution in [0.2, 0.25) is 0 Å². The number of hydrogen-bond acceptors (Lipinski definition) is 9. The van der Waals surface area contributed by atoms with Gasteiger partial charge in [0.2, 0.25) is 0 Å². The normalized spacial score (nSPS) is 19.9. The van der Waals surface area contributed by atoms with Gasteiger partial charge in [0.05, 0.1) is 82.9 Å². The Hall–Kier alpha value is -4.41. The average molecular weight is 588 g/mol. The maximum absolute atomic E-state index is 14.4. The van der Waals surface area contributed by atoms with E-state index in [0.29, 0.717) is 41.8 Å². The van der Waals surface area contributed by atoms with Crippen molar-refractivity contribution in [2.75, 3.05) is 25.1 Å². The molecule has 2 aliphatic rings. The molecule has 13 heteroatoms. The van der Waals surface area contributed by atoms with Crippen LogP contribution >= 0.6 is 0 Å². The minimum atomic E-state index is -1.64. The molecule has 0 unspecified atom stereocenters. The Labute approximate surface area is 247 Å². The van der Waals surface area contributed by atoms with Crippen LogP contribution in [0.5, 0.6) is 0 Å². The molecule has 43 heavy (non-hydrogen) atoms. The molecular weight excluding hydrogens is 553 g/mol. The SMILES string of the molecule is CC(C)(O)[C@H](F)CNC(=O)c1cnc(-c2ccc3cc(C#N)cnn23)cc1NC1CCC(n2cc(C3COC3)nn2)CC1. The van der Waals surface area contributed by atoms with Crippen molar-refractivity contribution in [3.8, 4) is 17.5 Å². The van der Waals surface area contributed by atoms with Gasteiger partial charge in [0, 0.05) is 18.4 Å². The molecule has 1 aliphatic heterocycles. The number of hydrogen-bond donors (Lipinski definition) is 3. The Kier molecular flexibility index (Phi) is 7.81. The number of nitrogens with zero attached hydrogens (tertiary/aromatic N) is 7. The summed E-state index contributed by atoms with van der Waals surface area (Å²) in [5.74, 6) is -0.163. The first kappa shape index (κ1) is 28.7. The summed E-state index contributed by atoms with van der Waals surface area (Å²) in [5.41, 5.74) is 2.71. The van der Waals surface area contributed by atoms with E-state index in [1.807, 2.05) is 23.0 Å². The molecule has 2 fully saturated rings. The minimum Gasteiger partial charge on any atom is -0.387 e. The number of anilines is 1. The number of rotatable bonds is 9. The predicted octanol–water partition coefficient (Wildman–Crippen LogP) is 3.41. The van der Waals surface area contributed by atoms with Crippen LogP contribution in [0, 0.1) is 11.3 Å². The lowest BCUT2D eigenvalue weighted by molar-refractivity contribution is -0.00178. The van der Waals surface area contributed by atoms with Gasteiger partial charge in [-0.05, 0) is 63.8 Å². The Bertz CT molecular complexity index is 1660. The Balaban J connectivity index is 1.22. The average Bonchev–Trinajstić information content (AvgIpc) is 3.62. The van der Waals surface area contributed by atoms with Crippen LogP contribution in [0.25, 0.3) is 16.9 Å². The van der Waals surface area contributed by atoms with Crippen LogP contribution in [0.3, 0.4) is 0 Å². The smallest absolute Gasteiger partial charge is 0.255 e. The Morgan fingerprint density at radius 3 is 2.72 bits per heavy atom. The molecule has 1 aliphatic carbocycles. The molecule has 3 N–H and O–H groups in total. The number of nitriles is 1. The molecule has 1 saturated heterocycles. The van der Waals surface area contributed by atoms with Crippen LogP contribution < -0.4 is 10.6 Å². The minimum absolute atomic E-state index is 0.0896. The zero-order chi connectivity index (χ0) is 30.1. The summed E-state index contributed by atoms with van der Waals surface area (Å²) in [4.78, 5) is 17.8. The number of carbonyl (C=O) groups excluding carboxylic acids is 1. The highest BCUT2D eigenvalue weighted by Gasteiger charge is 2.29. The zero-order valence-electron chi connectivity index (χ0n) is 24.1. The first-order valence-electron chi connectivity index (χ1n) is 14.5. The topological polar surface area (TPSA) is 155 Å².